The third kappa shape index (κ3) is 4.13. The van der Waals surface area contributed by atoms with Crippen LogP contribution in [0.1, 0.15) is 27.1 Å². The van der Waals surface area contributed by atoms with Crippen molar-refractivity contribution >= 4 is 34.6 Å². The number of hydrogen-bond donors (Lipinski definition) is 3. The van der Waals surface area contributed by atoms with E-state index in [9.17, 15) is 9.59 Å². The molecule has 0 aliphatic carbocycles. The van der Waals surface area contributed by atoms with Gasteiger partial charge in [0.1, 0.15) is 11.8 Å². The van der Waals surface area contributed by atoms with Gasteiger partial charge in [0.25, 0.3) is 5.91 Å². The van der Waals surface area contributed by atoms with E-state index in [1.54, 1.807) is 41.1 Å². The van der Waals surface area contributed by atoms with Crippen molar-refractivity contribution < 1.29 is 18.9 Å². The molecular weight excluding hydrogens is 382 g/mol. The first-order valence-corrected chi connectivity index (χ1v) is 10.5. The van der Waals surface area contributed by atoms with Crippen molar-refractivity contribution in [2.45, 2.75) is 19.0 Å². The van der Waals surface area contributed by atoms with Crippen LogP contribution in [0.15, 0.2) is 51.8 Å². The highest BCUT2D eigenvalue weighted by atomic mass is 32.1. The third-order valence-electron chi connectivity index (χ3n) is 4.64. The van der Waals surface area contributed by atoms with Gasteiger partial charge in [-0.1, -0.05) is 6.07 Å². The molecule has 0 saturated carbocycles. The first-order chi connectivity index (χ1) is 13.2. The highest BCUT2D eigenvalue weighted by molar-refractivity contribution is 7.10. The van der Waals surface area contributed by atoms with E-state index in [1.807, 2.05) is 6.07 Å². The molecular formula is C19H20N3O3S2+. The minimum atomic E-state index is -0.503. The van der Waals surface area contributed by atoms with E-state index in [4.69, 9.17) is 4.42 Å². The van der Waals surface area contributed by atoms with E-state index in [0.29, 0.717) is 5.76 Å². The summed E-state index contributed by atoms with van der Waals surface area (Å²) in [6, 6.07) is 9.50. The molecule has 3 aromatic rings. The number of urea groups is 1. The second-order valence-electron chi connectivity index (χ2n) is 6.39. The van der Waals surface area contributed by atoms with Gasteiger partial charge in [-0.25, -0.2) is 4.79 Å². The smallest absolute Gasteiger partial charge is 0.321 e. The van der Waals surface area contributed by atoms with Crippen LogP contribution in [0.2, 0.25) is 0 Å². The maximum Gasteiger partial charge on any atom is 0.321 e. The van der Waals surface area contributed by atoms with Gasteiger partial charge in [-0.15, -0.1) is 22.7 Å². The second kappa shape index (κ2) is 8.08. The van der Waals surface area contributed by atoms with Crippen LogP contribution in [0.3, 0.4) is 0 Å². The number of imide groups is 1. The minimum Gasteiger partial charge on any atom is -0.467 e. The van der Waals surface area contributed by atoms with Crippen LogP contribution in [0.25, 0.3) is 0 Å². The Morgan fingerprint density at radius 2 is 2.11 bits per heavy atom. The molecule has 3 aromatic heterocycles. The van der Waals surface area contributed by atoms with Crippen molar-refractivity contribution in [3.8, 4) is 0 Å². The van der Waals surface area contributed by atoms with E-state index in [2.05, 4.69) is 33.5 Å². The maximum atomic E-state index is 12.4. The summed E-state index contributed by atoms with van der Waals surface area (Å²) in [4.78, 5) is 28.2. The van der Waals surface area contributed by atoms with Gasteiger partial charge < -0.3 is 14.6 Å². The monoisotopic (exact) mass is 402 g/mol. The Labute approximate surface area is 164 Å². The van der Waals surface area contributed by atoms with Crippen molar-refractivity contribution in [1.82, 2.24) is 10.6 Å². The van der Waals surface area contributed by atoms with E-state index in [0.717, 1.165) is 13.0 Å². The molecule has 0 aromatic carbocycles. The molecule has 140 valence electrons. The average molecular weight is 403 g/mol. The predicted octanol–water partition coefficient (Wildman–Crippen LogP) is 1.96. The number of furan rings is 1. The number of hydrogen-bond acceptors (Lipinski definition) is 5. The van der Waals surface area contributed by atoms with Gasteiger partial charge in [0, 0.05) is 16.9 Å². The predicted molar refractivity (Wildman–Crippen MR) is 104 cm³/mol. The van der Waals surface area contributed by atoms with Gasteiger partial charge in [0.2, 0.25) is 0 Å². The summed E-state index contributed by atoms with van der Waals surface area (Å²) in [5.74, 6) is 0.365. The van der Waals surface area contributed by atoms with Gasteiger partial charge >= 0.3 is 6.03 Å². The fraction of sp³-hybridized carbons (Fsp3) is 0.263. The Hall–Kier alpha value is -2.42. The quantitative estimate of drug-likeness (QED) is 0.611. The van der Waals surface area contributed by atoms with Gasteiger partial charge in [0.15, 0.2) is 6.54 Å². The standard InChI is InChI=1S/C19H19N3O3S2/c23-17(21-19(24)20-11-13-3-1-8-25-13)12-22-7-5-15-14(6-10-27-15)18(22)16-4-2-9-26-16/h1-4,6,8-10,18H,5,7,11-12H2,(H2,20,21,23,24)/p+1/t18-/m1/s1. The number of thiophene rings is 2. The van der Waals surface area contributed by atoms with E-state index >= 15 is 0 Å². The number of fused-ring (bicyclic) bond motifs is 1. The van der Waals surface area contributed by atoms with E-state index < -0.39 is 6.03 Å². The molecule has 8 heteroatoms. The number of quaternary nitrogens is 1. The molecule has 3 N–H and O–H groups in total. The fourth-order valence-electron chi connectivity index (χ4n) is 3.45. The molecule has 3 amide bonds. The Kier molecular flexibility index (Phi) is 5.38. The summed E-state index contributed by atoms with van der Waals surface area (Å²) in [5.41, 5.74) is 1.30. The number of carbonyl (C=O) groups is 2. The molecule has 2 atom stereocenters. The molecule has 0 fully saturated rings. The summed E-state index contributed by atoms with van der Waals surface area (Å²) >= 11 is 3.49. The number of amides is 3. The highest BCUT2D eigenvalue weighted by Gasteiger charge is 2.35. The molecule has 4 rings (SSSR count). The summed E-state index contributed by atoms with van der Waals surface area (Å²) in [5, 5.41) is 9.25. The Morgan fingerprint density at radius 3 is 2.89 bits per heavy atom. The zero-order valence-electron chi connectivity index (χ0n) is 14.6. The summed E-state index contributed by atoms with van der Waals surface area (Å²) in [6.45, 7) is 1.38. The van der Waals surface area contributed by atoms with Crippen LogP contribution in [0.5, 0.6) is 0 Å². The molecule has 0 radical (unpaired) electrons. The SMILES string of the molecule is O=C(C[NH+]1CCc2sccc2[C@@H]1c1cccs1)NC(=O)NCc1ccco1. The highest BCUT2D eigenvalue weighted by Crippen LogP contribution is 2.31. The Bertz CT molecular complexity index is 903. The van der Waals surface area contributed by atoms with Gasteiger partial charge in [0.05, 0.1) is 24.2 Å². The zero-order valence-corrected chi connectivity index (χ0v) is 16.2. The van der Waals surface area contributed by atoms with Crippen molar-refractivity contribution in [2.24, 2.45) is 0 Å². The normalized spacial score (nSPS) is 18.7. The van der Waals surface area contributed by atoms with Crippen molar-refractivity contribution in [3.05, 3.63) is 68.4 Å². The lowest BCUT2D eigenvalue weighted by molar-refractivity contribution is -0.919. The molecule has 0 bridgehead atoms. The van der Waals surface area contributed by atoms with Gasteiger partial charge in [-0.3, -0.25) is 10.1 Å². The Balaban J connectivity index is 1.39. The lowest BCUT2D eigenvalue weighted by Crippen LogP contribution is -3.14. The molecule has 1 unspecified atom stereocenters. The Morgan fingerprint density at radius 1 is 1.19 bits per heavy atom. The van der Waals surface area contributed by atoms with Crippen LogP contribution in [-0.4, -0.2) is 25.0 Å². The van der Waals surface area contributed by atoms with Crippen LogP contribution in [0, 0.1) is 0 Å². The zero-order chi connectivity index (χ0) is 18.6. The average Bonchev–Trinajstić information content (AvgIpc) is 3.40. The van der Waals surface area contributed by atoms with Crippen LogP contribution in [0.4, 0.5) is 4.79 Å². The summed E-state index contributed by atoms with van der Waals surface area (Å²) < 4.78 is 5.16. The summed E-state index contributed by atoms with van der Waals surface area (Å²) in [7, 11) is 0. The second-order valence-corrected chi connectivity index (χ2v) is 8.37. The number of rotatable bonds is 5. The van der Waals surface area contributed by atoms with Gasteiger partial charge in [-0.2, -0.15) is 0 Å². The third-order valence-corrected chi connectivity index (χ3v) is 6.58. The fourth-order valence-corrected chi connectivity index (χ4v) is 5.27. The van der Waals surface area contributed by atoms with Crippen molar-refractivity contribution in [3.63, 3.8) is 0 Å². The molecule has 1 aliphatic heterocycles. The summed E-state index contributed by atoms with van der Waals surface area (Å²) in [6.07, 6.45) is 2.51. The molecule has 0 saturated heterocycles. The lowest BCUT2D eigenvalue weighted by atomic mass is 9.98. The molecule has 27 heavy (non-hydrogen) atoms. The van der Waals surface area contributed by atoms with Crippen LogP contribution >= 0.6 is 22.7 Å². The molecule has 6 nitrogen and oxygen atoms in total. The van der Waals surface area contributed by atoms with Crippen molar-refractivity contribution in [1.29, 1.82) is 0 Å². The van der Waals surface area contributed by atoms with Crippen molar-refractivity contribution in [2.75, 3.05) is 13.1 Å². The maximum absolute atomic E-state index is 12.4. The van der Waals surface area contributed by atoms with E-state index in [1.165, 1.54) is 20.2 Å². The topological polar surface area (TPSA) is 75.8 Å². The minimum absolute atomic E-state index is 0.150. The van der Waals surface area contributed by atoms with Crippen LogP contribution < -0.4 is 15.5 Å². The number of nitrogens with one attached hydrogen (secondary N) is 3. The lowest BCUT2D eigenvalue weighted by Gasteiger charge is -2.31. The van der Waals surface area contributed by atoms with Crippen LogP contribution in [-0.2, 0) is 17.8 Å². The molecule has 0 spiro atoms. The molecule has 1 aliphatic rings. The number of carbonyl (C=O) groups excluding carboxylic acids is 2. The first-order valence-electron chi connectivity index (χ1n) is 8.75. The molecule has 4 heterocycles. The van der Waals surface area contributed by atoms with Gasteiger partial charge in [-0.05, 0) is 35.0 Å². The first kappa shape index (κ1) is 18.0. The largest absolute Gasteiger partial charge is 0.467 e. The van der Waals surface area contributed by atoms with E-state index in [-0.39, 0.29) is 25.0 Å².